The fourth-order valence-electron chi connectivity index (χ4n) is 2.03. The minimum absolute atomic E-state index is 0.0472. The smallest absolute Gasteiger partial charge is 0.165 e. The van der Waals surface area contributed by atoms with E-state index in [1.165, 1.54) is 13.2 Å². The van der Waals surface area contributed by atoms with Gasteiger partial charge in [-0.25, -0.2) is 4.39 Å². The molecule has 100 valence electrons. The Morgan fingerprint density at radius 3 is 2.53 bits per heavy atom. The molecule has 3 N–H and O–H groups in total. The van der Waals surface area contributed by atoms with Gasteiger partial charge in [-0.1, -0.05) is 36.4 Å². The lowest BCUT2D eigenvalue weighted by atomic mass is 9.99. The summed E-state index contributed by atoms with van der Waals surface area (Å²) in [6.07, 6.45) is 0.613. The first-order chi connectivity index (χ1) is 9.24. The van der Waals surface area contributed by atoms with Crippen molar-refractivity contribution in [3.05, 3.63) is 65.5 Å². The van der Waals surface area contributed by atoms with E-state index in [0.29, 0.717) is 6.42 Å². The number of methoxy groups -OCH3 is 1. The van der Waals surface area contributed by atoms with Crippen LogP contribution in [0, 0.1) is 5.82 Å². The van der Waals surface area contributed by atoms with Crippen molar-refractivity contribution in [1.29, 1.82) is 0 Å². The Labute approximate surface area is 112 Å². The Balaban J connectivity index is 2.17. The van der Waals surface area contributed by atoms with Crippen molar-refractivity contribution in [2.24, 2.45) is 5.84 Å². The fraction of sp³-hybridized carbons (Fsp3) is 0.200. The average molecular weight is 260 g/mol. The summed E-state index contributed by atoms with van der Waals surface area (Å²) in [5.74, 6) is 5.47. The molecule has 0 bridgehead atoms. The summed E-state index contributed by atoms with van der Waals surface area (Å²) >= 11 is 0. The van der Waals surface area contributed by atoms with Gasteiger partial charge in [0, 0.05) is 6.04 Å². The first-order valence-corrected chi connectivity index (χ1v) is 6.08. The SMILES string of the molecule is COc1ccc(CC(NN)c2ccccc2)cc1F. The first-order valence-electron chi connectivity index (χ1n) is 6.08. The highest BCUT2D eigenvalue weighted by Crippen LogP contribution is 2.22. The minimum atomic E-state index is -0.358. The van der Waals surface area contributed by atoms with Gasteiger partial charge in [0.05, 0.1) is 7.11 Å². The molecular weight excluding hydrogens is 243 g/mol. The molecule has 2 aromatic rings. The molecule has 19 heavy (non-hydrogen) atoms. The lowest BCUT2D eigenvalue weighted by Crippen LogP contribution is -2.29. The van der Waals surface area contributed by atoms with Crippen LogP contribution in [0.1, 0.15) is 17.2 Å². The molecule has 0 radical (unpaired) electrons. The predicted octanol–water partition coefficient (Wildman–Crippen LogP) is 2.58. The Morgan fingerprint density at radius 1 is 1.21 bits per heavy atom. The number of benzene rings is 2. The Bertz CT molecular complexity index is 531. The molecule has 3 nitrogen and oxygen atoms in total. The molecule has 0 aliphatic carbocycles. The van der Waals surface area contributed by atoms with Crippen LogP contribution in [0.3, 0.4) is 0 Å². The zero-order chi connectivity index (χ0) is 13.7. The van der Waals surface area contributed by atoms with Crippen molar-refractivity contribution in [3.8, 4) is 5.75 Å². The number of ether oxygens (including phenoxy) is 1. The van der Waals surface area contributed by atoms with E-state index in [1.54, 1.807) is 6.07 Å². The van der Waals surface area contributed by atoms with Gasteiger partial charge in [0.15, 0.2) is 11.6 Å². The standard InChI is InChI=1S/C15H17FN2O/c1-19-15-8-7-11(9-13(15)16)10-14(18-17)12-5-3-2-4-6-12/h2-9,14,18H,10,17H2,1H3. The molecule has 0 amide bonds. The maximum Gasteiger partial charge on any atom is 0.165 e. The van der Waals surface area contributed by atoms with E-state index in [2.05, 4.69) is 5.43 Å². The molecule has 0 aliphatic heterocycles. The molecule has 1 atom stereocenters. The Kier molecular flexibility index (Phi) is 4.49. The second kappa shape index (κ2) is 6.31. The molecule has 2 aromatic carbocycles. The van der Waals surface area contributed by atoms with Crippen molar-refractivity contribution < 1.29 is 9.13 Å². The number of nitrogens with one attached hydrogen (secondary N) is 1. The van der Waals surface area contributed by atoms with E-state index in [9.17, 15) is 4.39 Å². The van der Waals surface area contributed by atoms with Gasteiger partial charge in [-0.15, -0.1) is 0 Å². The van der Waals surface area contributed by atoms with Crippen molar-refractivity contribution in [2.45, 2.75) is 12.5 Å². The zero-order valence-corrected chi connectivity index (χ0v) is 10.8. The molecule has 0 aromatic heterocycles. The fourth-order valence-corrected chi connectivity index (χ4v) is 2.03. The summed E-state index contributed by atoms with van der Waals surface area (Å²) in [4.78, 5) is 0. The van der Waals surface area contributed by atoms with Gasteiger partial charge >= 0.3 is 0 Å². The van der Waals surface area contributed by atoms with E-state index < -0.39 is 0 Å². The molecule has 2 rings (SSSR count). The van der Waals surface area contributed by atoms with Crippen molar-refractivity contribution in [3.63, 3.8) is 0 Å². The summed E-state index contributed by atoms with van der Waals surface area (Å²) in [5, 5.41) is 0. The van der Waals surface area contributed by atoms with E-state index in [4.69, 9.17) is 10.6 Å². The summed E-state index contributed by atoms with van der Waals surface area (Å²) in [7, 11) is 1.45. The van der Waals surface area contributed by atoms with Gasteiger partial charge in [-0.3, -0.25) is 11.3 Å². The van der Waals surface area contributed by atoms with Crippen LogP contribution < -0.4 is 16.0 Å². The molecular formula is C15H17FN2O. The molecule has 0 saturated heterocycles. The third kappa shape index (κ3) is 3.30. The second-order valence-electron chi connectivity index (χ2n) is 4.30. The summed E-state index contributed by atoms with van der Waals surface area (Å²) in [5.41, 5.74) is 4.70. The maximum absolute atomic E-state index is 13.6. The van der Waals surface area contributed by atoms with Crippen LogP contribution in [0.2, 0.25) is 0 Å². The highest BCUT2D eigenvalue weighted by atomic mass is 19.1. The van der Waals surface area contributed by atoms with Gasteiger partial charge in [0.1, 0.15) is 0 Å². The van der Waals surface area contributed by atoms with Crippen LogP contribution in [0.4, 0.5) is 4.39 Å². The Morgan fingerprint density at radius 2 is 1.95 bits per heavy atom. The number of nitrogens with two attached hydrogens (primary N) is 1. The highest BCUT2D eigenvalue weighted by Gasteiger charge is 2.11. The number of hydrogen-bond donors (Lipinski definition) is 2. The molecule has 0 heterocycles. The van der Waals surface area contributed by atoms with Crippen LogP contribution in [0.5, 0.6) is 5.75 Å². The molecule has 0 saturated carbocycles. The molecule has 0 spiro atoms. The average Bonchev–Trinajstić information content (AvgIpc) is 2.46. The number of hydrogen-bond acceptors (Lipinski definition) is 3. The normalized spacial score (nSPS) is 12.2. The minimum Gasteiger partial charge on any atom is -0.494 e. The van der Waals surface area contributed by atoms with E-state index in [0.717, 1.165) is 11.1 Å². The number of hydrazine groups is 1. The predicted molar refractivity (Wildman–Crippen MR) is 73.2 cm³/mol. The monoisotopic (exact) mass is 260 g/mol. The third-order valence-electron chi connectivity index (χ3n) is 3.06. The highest BCUT2D eigenvalue weighted by molar-refractivity contribution is 5.31. The molecule has 0 aliphatic rings. The summed E-state index contributed by atoms with van der Waals surface area (Å²) < 4.78 is 18.5. The van der Waals surface area contributed by atoms with Crippen molar-refractivity contribution in [1.82, 2.24) is 5.43 Å². The van der Waals surface area contributed by atoms with Gasteiger partial charge < -0.3 is 4.74 Å². The van der Waals surface area contributed by atoms with Crippen LogP contribution >= 0.6 is 0 Å². The van der Waals surface area contributed by atoms with Crippen LogP contribution in [-0.2, 0) is 6.42 Å². The van der Waals surface area contributed by atoms with Crippen molar-refractivity contribution >= 4 is 0 Å². The van der Waals surface area contributed by atoms with Gasteiger partial charge in [-0.2, -0.15) is 0 Å². The van der Waals surface area contributed by atoms with E-state index in [1.807, 2.05) is 36.4 Å². The topological polar surface area (TPSA) is 47.3 Å². The number of rotatable bonds is 5. The quantitative estimate of drug-likeness (QED) is 0.641. The van der Waals surface area contributed by atoms with Gasteiger partial charge in [0.25, 0.3) is 0 Å². The first kappa shape index (κ1) is 13.5. The lowest BCUT2D eigenvalue weighted by Gasteiger charge is -2.16. The maximum atomic E-state index is 13.6. The van der Waals surface area contributed by atoms with Gasteiger partial charge in [0.2, 0.25) is 0 Å². The lowest BCUT2D eigenvalue weighted by molar-refractivity contribution is 0.386. The van der Waals surface area contributed by atoms with Crippen LogP contribution in [-0.4, -0.2) is 7.11 Å². The second-order valence-corrected chi connectivity index (χ2v) is 4.30. The summed E-state index contributed by atoms with van der Waals surface area (Å²) in [6, 6.07) is 14.7. The molecule has 1 unspecified atom stereocenters. The van der Waals surface area contributed by atoms with E-state index in [-0.39, 0.29) is 17.6 Å². The van der Waals surface area contributed by atoms with Crippen molar-refractivity contribution in [2.75, 3.05) is 7.11 Å². The Hall–Kier alpha value is -1.91. The summed E-state index contributed by atoms with van der Waals surface area (Å²) in [6.45, 7) is 0. The number of halogens is 1. The largest absolute Gasteiger partial charge is 0.494 e. The van der Waals surface area contributed by atoms with Crippen LogP contribution in [0.25, 0.3) is 0 Å². The van der Waals surface area contributed by atoms with Crippen LogP contribution in [0.15, 0.2) is 48.5 Å². The zero-order valence-electron chi connectivity index (χ0n) is 10.8. The third-order valence-corrected chi connectivity index (χ3v) is 3.06. The molecule has 4 heteroatoms. The van der Waals surface area contributed by atoms with E-state index >= 15 is 0 Å². The van der Waals surface area contributed by atoms with Gasteiger partial charge in [-0.05, 0) is 29.7 Å². The molecule has 0 fully saturated rings.